The lowest BCUT2D eigenvalue weighted by Crippen LogP contribution is -2.38. The van der Waals surface area contributed by atoms with Crippen LogP contribution in [0.2, 0.25) is 0 Å². The first-order valence-electron chi connectivity index (χ1n) is 10.8. The molecule has 4 heterocycles. The maximum atomic E-state index is 13.1. The third kappa shape index (κ3) is 4.07. The SMILES string of the molecule is CN(C)c1ncc2c(=O)[nH]c(C3CCN(C(=O)c4cccc(-n5cnnc5)c4)CC3)cc2n1. The molecule has 10 nitrogen and oxygen atoms in total. The Kier molecular flexibility index (Phi) is 5.33. The van der Waals surface area contributed by atoms with E-state index in [4.69, 9.17) is 0 Å². The van der Waals surface area contributed by atoms with Crippen molar-refractivity contribution in [2.45, 2.75) is 18.8 Å². The first-order valence-corrected chi connectivity index (χ1v) is 10.8. The number of nitrogens with one attached hydrogen (secondary N) is 1. The molecular formula is C23H24N8O2. The molecule has 1 fully saturated rings. The molecule has 0 atom stereocenters. The minimum Gasteiger partial charge on any atom is -0.347 e. The number of piperidine rings is 1. The van der Waals surface area contributed by atoms with Crippen LogP contribution in [0.1, 0.15) is 34.8 Å². The third-order valence-corrected chi connectivity index (χ3v) is 6.03. The smallest absolute Gasteiger partial charge is 0.259 e. The summed E-state index contributed by atoms with van der Waals surface area (Å²) in [5, 5.41) is 8.12. The Labute approximate surface area is 189 Å². The van der Waals surface area contributed by atoms with Gasteiger partial charge in [0.05, 0.1) is 10.9 Å². The fourth-order valence-electron chi connectivity index (χ4n) is 4.20. The molecular weight excluding hydrogens is 420 g/mol. The molecule has 0 spiro atoms. The maximum Gasteiger partial charge on any atom is 0.259 e. The Hall–Kier alpha value is -4.08. The number of anilines is 1. The van der Waals surface area contributed by atoms with Gasteiger partial charge in [-0.2, -0.15) is 0 Å². The number of benzene rings is 1. The highest BCUT2D eigenvalue weighted by Crippen LogP contribution is 2.28. The van der Waals surface area contributed by atoms with Crippen molar-refractivity contribution >= 4 is 22.8 Å². The van der Waals surface area contributed by atoms with Gasteiger partial charge in [0, 0.05) is 56.2 Å². The molecule has 0 saturated carbocycles. The Balaban J connectivity index is 1.32. The van der Waals surface area contributed by atoms with Crippen LogP contribution in [0, 0.1) is 0 Å². The van der Waals surface area contributed by atoms with Crippen molar-refractivity contribution in [3.63, 3.8) is 0 Å². The number of hydrogen-bond acceptors (Lipinski definition) is 7. The number of carbonyl (C=O) groups excluding carboxylic acids is 1. The van der Waals surface area contributed by atoms with Crippen LogP contribution in [0.15, 0.2) is 54.0 Å². The predicted octanol–water partition coefficient (Wildman–Crippen LogP) is 1.98. The zero-order chi connectivity index (χ0) is 22.9. The van der Waals surface area contributed by atoms with Gasteiger partial charge < -0.3 is 14.8 Å². The highest BCUT2D eigenvalue weighted by molar-refractivity contribution is 5.94. The van der Waals surface area contributed by atoms with E-state index in [1.165, 1.54) is 0 Å². The lowest BCUT2D eigenvalue weighted by molar-refractivity contribution is 0.0712. The average Bonchev–Trinajstić information content (AvgIpc) is 3.38. The minimum absolute atomic E-state index is 0.00116. The number of nitrogens with zero attached hydrogens (tertiary/aromatic N) is 7. The quantitative estimate of drug-likeness (QED) is 0.512. The summed E-state index contributed by atoms with van der Waals surface area (Å²) < 4.78 is 1.77. The lowest BCUT2D eigenvalue weighted by Gasteiger charge is -2.32. The zero-order valence-corrected chi connectivity index (χ0v) is 18.5. The number of fused-ring (bicyclic) bond motifs is 1. The number of hydrogen-bond donors (Lipinski definition) is 1. The number of aromatic amines is 1. The normalized spacial score (nSPS) is 14.5. The van der Waals surface area contributed by atoms with Crippen molar-refractivity contribution in [2.24, 2.45) is 0 Å². The van der Waals surface area contributed by atoms with Crippen LogP contribution in [-0.2, 0) is 0 Å². The van der Waals surface area contributed by atoms with E-state index in [9.17, 15) is 9.59 Å². The number of rotatable bonds is 4. The van der Waals surface area contributed by atoms with Gasteiger partial charge in [-0.05, 0) is 37.1 Å². The molecule has 0 radical (unpaired) electrons. The number of likely N-dealkylation sites (tertiary alicyclic amines) is 1. The number of pyridine rings is 1. The van der Waals surface area contributed by atoms with Crippen LogP contribution < -0.4 is 10.5 Å². The molecule has 4 aromatic rings. The molecule has 1 aromatic carbocycles. The first kappa shape index (κ1) is 20.8. The Morgan fingerprint density at radius 2 is 1.88 bits per heavy atom. The van der Waals surface area contributed by atoms with Crippen LogP contribution in [0.5, 0.6) is 0 Å². The molecule has 1 aliphatic heterocycles. The summed E-state index contributed by atoms with van der Waals surface area (Å²) in [4.78, 5) is 41.1. The molecule has 1 saturated heterocycles. The number of carbonyl (C=O) groups is 1. The molecule has 0 unspecified atom stereocenters. The molecule has 1 N–H and O–H groups in total. The van der Waals surface area contributed by atoms with Crippen molar-refractivity contribution in [2.75, 3.05) is 32.1 Å². The maximum absolute atomic E-state index is 13.1. The Morgan fingerprint density at radius 3 is 2.61 bits per heavy atom. The van der Waals surface area contributed by atoms with Gasteiger partial charge >= 0.3 is 0 Å². The second-order valence-electron chi connectivity index (χ2n) is 8.40. The fraction of sp³-hybridized carbons (Fsp3) is 0.304. The molecule has 33 heavy (non-hydrogen) atoms. The van der Waals surface area contributed by atoms with E-state index < -0.39 is 0 Å². The number of amides is 1. The van der Waals surface area contributed by atoms with Gasteiger partial charge in [-0.25, -0.2) is 9.97 Å². The molecule has 1 aliphatic rings. The van der Waals surface area contributed by atoms with Gasteiger partial charge in [-0.15, -0.1) is 10.2 Å². The van der Waals surface area contributed by atoms with E-state index in [0.717, 1.165) is 24.2 Å². The van der Waals surface area contributed by atoms with Crippen LogP contribution in [-0.4, -0.2) is 67.7 Å². The molecule has 3 aromatic heterocycles. The molecule has 0 aliphatic carbocycles. The highest BCUT2D eigenvalue weighted by Gasteiger charge is 2.26. The monoisotopic (exact) mass is 444 g/mol. The van der Waals surface area contributed by atoms with Gasteiger partial charge in [-0.3, -0.25) is 14.2 Å². The van der Waals surface area contributed by atoms with E-state index in [-0.39, 0.29) is 17.4 Å². The summed E-state index contributed by atoms with van der Waals surface area (Å²) in [6.07, 6.45) is 6.31. The lowest BCUT2D eigenvalue weighted by atomic mass is 9.92. The summed E-state index contributed by atoms with van der Waals surface area (Å²) >= 11 is 0. The standard InChI is InChI=1S/C23H24N8O2/c1-29(2)23-24-12-18-20(28-23)11-19(27-21(18)32)15-6-8-30(9-7-15)22(33)16-4-3-5-17(10-16)31-13-25-26-14-31/h3-5,10-15H,6-9H2,1-2H3,(H,27,32). The fourth-order valence-corrected chi connectivity index (χ4v) is 4.20. The number of H-pyrrole nitrogens is 1. The van der Waals surface area contributed by atoms with Crippen molar-refractivity contribution in [3.8, 4) is 5.69 Å². The van der Waals surface area contributed by atoms with Crippen LogP contribution >= 0.6 is 0 Å². The Morgan fingerprint density at radius 1 is 1.12 bits per heavy atom. The van der Waals surface area contributed by atoms with Gasteiger partial charge in [0.1, 0.15) is 12.7 Å². The first-order chi connectivity index (χ1) is 16.0. The molecule has 1 amide bonds. The van der Waals surface area contributed by atoms with Gasteiger partial charge in [0.25, 0.3) is 11.5 Å². The van der Waals surface area contributed by atoms with Crippen molar-refractivity contribution in [1.29, 1.82) is 0 Å². The highest BCUT2D eigenvalue weighted by atomic mass is 16.2. The summed E-state index contributed by atoms with van der Waals surface area (Å²) in [7, 11) is 3.73. The van der Waals surface area contributed by atoms with E-state index in [2.05, 4.69) is 25.1 Å². The van der Waals surface area contributed by atoms with E-state index in [1.54, 1.807) is 23.4 Å². The van der Waals surface area contributed by atoms with Crippen LogP contribution in [0.4, 0.5) is 5.95 Å². The summed E-state index contributed by atoms with van der Waals surface area (Å²) in [6.45, 7) is 1.24. The topological polar surface area (TPSA) is 113 Å². The minimum atomic E-state index is -0.183. The van der Waals surface area contributed by atoms with Crippen molar-refractivity contribution < 1.29 is 4.79 Å². The molecule has 5 rings (SSSR count). The molecule has 168 valence electrons. The van der Waals surface area contributed by atoms with E-state index >= 15 is 0 Å². The predicted molar refractivity (Wildman–Crippen MR) is 124 cm³/mol. The number of aromatic nitrogens is 6. The second-order valence-corrected chi connectivity index (χ2v) is 8.40. The molecule has 0 bridgehead atoms. The second kappa shape index (κ2) is 8.45. The van der Waals surface area contributed by atoms with E-state index in [1.807, 2.05) is 54.2 Å². The molecule has 10 heteroatoms. The average molecular weight is 444 g/mol. The van der Waals surface area contributed by atoms with Gasteiger partial charge in [0.2, 0.25) is 5.95 Å². The van der Waals surface area contributed by atoms with Crippen LogP contribution in [0.3, 0.4) is 0 Å². The summed E-state index contributed by atoms with van der Waals surface area (Å²) in [5.41, 5.74) is 2.78. The van der Waals surface area contributed by atoms with Gasteiger partial charge in [0.15, 0.2) is 0 Å². The third-order valence-electron chi connectivity index (χ3n) is 6.03. The van der Waals surface area contributed by atoms with E-state index in [0.29, 0.717) is 35.5 Å². The summed E-state index contributed by atoms with van der Waals surface area (Å²) in [5.74, 6) is 0.721. The van der Waals surface area contributed by atoms with Crippen molar-refractivity contribution in [1.82, 2.24) is 34.6 Å². The largest absolute Gasteiger partial charge is 0.347 e. The van der Waals surface area contributed by atoms with Crippen molar-refractivity contribution in [3.05, 3.63) is 70.8 Å². The van der Waals surface area contributed by atoms with Gasteiger partial charge in [-0.1, -0.05) is 6.07 Å². The van der Waals surface area contributed by atoms with Crippen LogP contribution in [0.25, 0.3) is 16.6 Å². The summed E-state index contributed by atoms with van der Waals surface area (Å²) in [6, 6.07) is 9.38. The Bertz CT molecular complexity index is 1350. The zero-order valence-electron chi connectivity index (χ0n) is 18.5.